The minimum Gasteiger partial charge on any atom is -0.315 e. The third kappa shape index (κ3) is 3.24. The van der Waals surface area contributed by atoms with Crippen LogP contribution in [-0.2, 0) is 6.42 Å². The van der Waals surface area contributed by atoms with Crippen molar-refractivity contribution < 1.29 is 0 Å². The van der Waals surface area contributed by atoms with Crippen molar-refractivity contribution in [1.29, 1.82) is 0 Å². The number of halogens is 2. The summed E-state index contributed by atoms with van der Waals surface area (Å²) >= 11 is 14.1. The van der Waals surface area contributed by atoms with Crippen LogP contribution in [0.4, 0.5) is 0 Å². The second-order valence-corrected chi connectivity index (χ2v) is 8.28. The van der Waals surface area contributed by atoms with Gasteiger partial charge in [-0.15, -0.1) is 23.2 Å². The van der Waals surface area contributed by atoms with Crippen molar-refractivity contribution in [2.75, 3.05) is 14.1 Å². The Morgan fingerprint density at radius 1 is 1.14 bits per heavy atom. The molecule has 2 N–H and O–H groups in total. The van der Waals surface area contributed by atoms with E-state index < -0.39 is 9.87 Å². The Kier molecular flexibility index (Phi) is 4.94. The second kappa shape index (κ2) is 6.08. The highest BCUT2D eigenvalue weighted by Gasteiger charge is 2.59. The number of benzene rings is 1. The molecule has 1 aliphatic carbocycles. The van der Waals surface area contributed by atoms with Crippen molar-refractivity contribution in [3.8, 4) is 0 Å². The maximum absolute atomic E-state index is 7.15. The standard InChI is InChI=1S/C17H26Cl2N2/c1-15(2)11-14(20-3)16(18,17(19,12-15)21-4)10-13-8-6-5-7-9-13/h5-9,14,20-21H,10-12H2,1-4H3. The van der Waals surface area contributed by atoms with Gasteiger partial charge in [0.2, 0.25) is 0 Å². The van der Waals surface area contributed by atoms with E-state index in [4.69, 9.17) is 23.2 Å². The fourth-order valence-corrected chi connectivity index (χ4v) is 4.71. The second-order valence-electron chi connectivity index (χ2n) is 6.96. The van der Waals surface area contributed by atoms with Crippen LogP contribution in [0.5, 0.6) is 0 Å². The summed E-state index contributed by atoms with van der Waals surface area (Å²) in [6.07, 6.45) is 2.59. The normalized spacial score (nSPS) is 35.6. The van der Waals surface area contributed by atoms with Gasteiger partial charge in [-0.25, -0.2) is 0 Å². The molecule has 2 rings (SSSR count). The molecule has 0 saturated heterocycles. The average molecular weight is 329 g/mol. The first kappa shape index (κ1) is 17.1. The molecule has 1 aliphatic rings. The zero-order valence-electron chi connectivity index (χ0n) is 13.3. The summed E-state index contributed by atoms with van der Waals surface area (Å²) in [6.45, 7) is 4.51. The topological polar surface area (TPSA) is 24.1 Å². The van der Waals surface area contributed by atoms with Gasteiger partial charge < -0.3 is 10.6 Å². The van der Waals surface area contributed by atoms with E-state index in [0.29, 0.717) is 0 Å². The lowest BCUT2D eigenvalue weighted by Crippen LogP contribution is -2.69. The lowest BCUT2D eigenvalue weighted by Gasteiger charge is -2.56. The Bertz CT molecular complexity index is 477. The molecule has 3 unspecified atom stereocenters. The lowest BCUT2D eigenvalue weighted by molar-refractivity contribution is 0.102. The predicted molar refractivity (Wildman–Crippen MR) is 92.2 cm³/mol. The molecule has 0 amide bonds. The van der Waals surface area contributed by atoms with Gasteiger partial charge in [-0.1, -0.05) is 44.2 Å². The number of rotatable bonds is 4. The molecule has 0 heterocycles. The first-order valence-electron chi connectivity index (χ1n) is 7.54. The molecule has 118 valence electrons. The van der Waals surface area contributed by atoms with Gasteiger partial charge in [0, 0.05) is 6.04 Å². The number of hydrogen-bond donors (Lipinski definition) is 2. The van der Waals surface area contributed by atoms with Crippen LogP contribution in [0.15, 0.2) is 30.3 Å². The highest BCUT2D eigenvalue weighted by atomic mass is 35.5. The molecule has 0 radical (unpaired) electrons. The smallest absolute Gasteiger partial charge is 0.115 e. The third-order valence-corrected chi connectivity index (χ3v) is 6.22. The SMILES string of the molecule is CNC1CC(C)(C)CC(Cl)(NC)C1(Cl)Cc1ccccc1. The minimum absolute atomic E-state index is 0.146. The third-order valence-electron chi connectivity index (χ3n) is 4.74. The maximum Gasteiger partial charge on any atom is 0.115 e. The van der Waals surface area contributed by atoms with Gasteiger partial charge in [-0.2, -0.15) is 0 Å². The maximum atomic E-state index is 7.15. The first-order valence-corrected chi connectivity index (χ1v) is 8.30. The molecule has 1 aromatic rings. The monoisotopic (exact) mass is 328 g/mol. The number of alkyl halides is 2. The Hall–Kier alpha value is -0.280. The lowest BCUT2D eigenvalue weighted by atomic mass is 9.65. The van der Waals surface area contributed by atoms with Crippen molar-refractivity contribution in [1.82, 2.24) is 10.6 Å². The van der Waals surface area contributed by atoms with Gasteiger partial charge in [0.15, 0.2) is 0 Å². The van der Waals surface area contributed by atoms with E-state index >= 15 is 0 Å². The Labute approximate surface area is 138 Å². The van der Waals surface area contributed by atoms with Crippen LogP contribution >= 0.6 is 23.2 Å². The molecule has 1 aromatic carbocycles. The fraction of sp³-hybridized carbons (Fsp3) is 0.647. The quantitative estimate of drug-likeness (QED) is 0.649. The first-order chi connectivity index (χ1) is 9.76. The molecule has 1 fully saturated rings. The van der Waals surface area contributed by atoms with E-state index in [9.17, 15) is 0 Å². The van der Waals surface area contributed by atoms with Crippen LogP contribution < -0.4 is 10.6 Å². The zero-order chi connectivity index (χ0) is 15.7. The van der Waals surface area contributed by atoms with E-state index in [0.717, 1.165) is 19.3 Å². The van der Waals surface area contributed by atoms with Gasteiger partial charge >= 0.3 is 0 Å². The Balaban J connectivity index is 2.40. The fourth-order valence-electron chi connectivity index (χ4n) is 3.65. The summed E-state index contributed by atoms with van der Waals surface area (Å²) in [5, 5.41) is 6.71. The molecular weight excluding hydrogens is 303 g/mol. The molecule has 0 aromatic heterocycles. The summed E-state index contributed by atoms with van der Waals surface area (Å²) in [7, 11) is 3.88. The molecule has 21 heavy (non-hydrogen) atoms. The van der Waals surface area contributed by atoms with Crippen LogP contribution in [0.1, 0.15) is 32.3 Å². The molecule has 0 aliphatic heterocycles. The van der Waals surface area contributed by atoms with E-state index in [1.54, 1.807) is 0 Å². The molecule has 0 bridgehead atoms. The molecule has 2 nitrogen and oxygen atoms in total. The minimum atomic E-state index is -0.639. The van der Waals surface area contributed by atoms with Gasteiger partial charge in [0.05, 0.1) is 4.87 Å². The molecular formula is C17H26Cl2N2. The molecule has 3 atom stereocenters. The van der Waals surface area contributed by atoms with Crippen LogP contribution in [0, 0.1) is 5.41 Å². The van der Waals surface area contributed by atoms with Crippen molar-refractivity contribution >= 4 is 23.2 Å². The molecule has 4 heteroatoms. The average Bonchev–Trinajstić information content (AvgIpc) is 2.44. The van der Waals surface area contributed by atoms with Crippen molar-refractivity contribution in [3.05, 3.63) is 35.9 Å². The number of hydrogen-bond acceptors (Lipinski definition) is 2. The highest BCUT2D eigenvalue weighted by Crippen LogP contribution is 2.53. The van der Waals surface area contributed by atoms with E-state index in [1.165, 1.54) is 5.56 Å². The molecule has 1 saturated carbocycles. The summed E-state index contributed by atoms with van der Waals surface area (Å²) in [5.74, 6) is 0. The van der Waals surface area contributed by atoms with Gasteiger partial charge in [-0.05, 0) is 44.3 Å². The predicted octanol–water partition coefficient (Wildman–Crippen LogP) is 3.77. The van der Waals surface area contributed by atoms with Crippen LogP contribution in [0.2, 0.25) is 0 Å². The summed E-state index contributed by atoms with van der Waals surface area (Å²) in [6, 6.07) is 10.5. The van der Waals surface area contributed by atoms with Crippen molar-refractivity contribution in [3.63, 3.8) is 0 Å². The Morgan fingerprint density at radius 2 is 1.76 bits per heavy atom. The van der Waals surface area contributed by atoms with Crippen molar-refractivity contribution in [2.24, 2.45) is 5.41 Å². The van der Waals surface area contributed by atoms with Gasteiger partial charge in [0.1, 0.15) is 5.00 Å². The largest absolute Gasteiger partial charge is 0.315 e. The van der Waals surface area contributed by atoms with Gasteiger partial charge in [-0.3, -0.25) is 0 Å². The molecule has 0 spiro atoms. The van der Waals surface area contributed by atoms with Crippen LogP contribution in [0.3, 0.4) is 0 Å². The Morgan fingerprint density at radius 3 is 2.29 bits per heavy atom. The van der Waals surface area contributed by atoms with E-state index in [2.05, 4.69) is 36.6 Å². The number of nitrogens with one attached hydrogen (secondary N) is 2. The van der Waals surface area contributed by atoms with E-state index in [1.807, 2.05) is 32.3 Å². The highest BCUT2D eigenvalue weighted by molar-refractivity contribution is 6.35. The van der Waals surface area contributed by atoms with Crippen molar-refractivity contribution in [2.45, 2.75) is 49.0 Å². The van der Waals surface area contributed by atoms with Gasteiger partial charge in [0.25, 0.3) is 0 Å². The summed E-state index contributed by atoms with van der Waals surface area (Å²) in [5.41, 5.74) is 1.36. The van der Waals surface area contributed by atoms with Crippen LogP contribution in [0.25, 0.3) is 0 Å². The van der Waals surface area contributed by atoms with E-state index in [-0.39, 0.29) is 11.5 Å². The summed E-state index contributed by atoms with van der Waals surface area (Å²) < 4.78 is 0. The van der Waals surface area contributed by atoms with Crippen LogP contribution in [-0.4, -0.2) is 30.0 Å². The zero-order valence-corrected chi connectivity index (χ0v) is 14.9. The summed E-state index contributed by atoms with van der Waals surface area (Å²) in [4.78, 5) is -1.21.